The molecule has 5 N–H and O–H groups in total. The van der Waals surface area contributed by atoms with Crippen LogP contribution < -0.4 is 20.7 Å². The molecule has 1 atom stereocenters. The molecule has 2 aliphatic heterocycles. The van der Waals surface area contributed by atoms with E-state index < -0.39 is 11.9 Å². The maximum Gasteiger partial charge on any atom is 0.255 e. The first-order chi connectivity index (χ1) is 25.7. The lowest BCUT2D eigenvalue weighted by molar-refractivity contribution is -0.137. The molecule has 4 aromatic rings. The monoisotopic (exact) mass is 736 g/mol. The lowest BCUT2D eigenvalue weighted by Crippen LogP contribution is -2.52. The number of phenols is 2. The molecule has 1 fully saturated rings. The molecule has 0 spiro atoms. The fraction of sp³-hybridized carbons (Fsp3) is 0.268. The molecule has 12 heteroatoms. The SMILES string of the molecule is O=C(CCCNc1cccc2c1CN(C1CCC(=O)NC1=O)C2=O)NCCOc1ccc(C(=C(CCCl)c2ccc(O)cc2)c2ccc(O)cc2)cc1. The van der Waals surface area contributed by atoms with Gasteiger partial charge in [-0.25, -0.2) is 0 Å². The number of amides is 4. The van der Waals surface area contributed by atoms with Crippen LogP contribution in [0, 0.1) is 0 Å². The molecule has 0 saturated carbocycles. The zero-order chi connectivity index (χ0) is 37.3. The molecule has 274 valence electrons. The average molecular weight is 737 g/mol. The fourth-order valence-corrected chi connectivity index (χ4v) is 6.89. The van der Waals surface area contributed by atoms with Gasteiger partial charge in [0.05, 0.1) is 6.54 Å². The van der Waals surface area contributed by atoms with Crippen LogP contribution in [-0.4, -0.2) is 70.4 Å². The summed E-state index contributed by atoms with van der Waals surface area (Å²) in [5, 5.41) is 28.3. The van der Waals surface area contributed by atoms with Crippen molar-refractivity contribution in [2.24, 2.45) is 0 Å². The van der Waals surface area contributed by atoms with Crippen LogP contribution >= 0.6 is 11.6 Å². The number of ether oxygens (including phenoxy) is 1. The molecule has 0 aromatic heterocycles. The van der Waals surface area contributed by atoms with Crippen molar-refractivity contribution in [3.8, 4) is 17.2 Å². The number of imide groups is 1. The van der Waals surface area contributed by atoms with Gasteiger partial charge in [0, 0.05) is 48.6 Å². The number of anilines is 1. The number of hydrogen-bond donors (Lipinski definition) is 5. The highest BCUT2D eigenvalue weighted by Crippen LogP contribution is 2.37. The van der Waals surface area contributed by atoms with Gasteiger partial charge < -0.3 is 30.5 Å². The van der Waals surface area contributed by atoms with Crippen LogP contribution in [0.1, 0.15) is 64.7 Å². The Morgan fingerprint density at radius 3 is 2.17 bits per heavy atom. The summed E-state index contributed by atoms with van der Waals surface area (Å²) in [7, 11) is 0. The highest BCUT2D eigenvalue weighted by Gasteiger charge is 2.39. The number of aromatic hydroxyl groups is 2. The predicted octanol–water partition coefficient (Wildman–Crippen LogP) is 5.83. The Hall–Kier alpha value is -5.81. The number of alkyl halides is 1. The first kappa shape index (κ1) is 37.0. The minimum atomic E-state index is -0.675. The van der Waals surface area contributed by atoms with Crippen molar-refractivity contribution in [2.75, 3.05) is 30.9 Å². The van der Waals surface area contributed by atoms with Crippen molar-refractivity contribution in [3.63, 3.8) is 0 Å². The van der Waals surface area contributed by atoms with Crippen molar-refractivity contribution in [1.29, 1.82) is 0 Å². The average Bonchev–Trinajstić information content (AvgIpc) is 3.49. The number of benzene rings is 4. The highest BCUT2D eigenvalue weighted by molar-refractivity contribution is 6.18. The summed E-state index contributed by atoms with van der Waals surface area (Å²) in [4.78, 5) is 51.1. The van der Waals surface area contributed by atoms with Crippen LogP contribution in [0.4, 0.5) is 5.69 Å². The zero-order valence-corrected chi connectivity index (χ0v) is 29.8. The number of allylic oxidation sites excluding steroid dienone is 1. The van der Waals surface area contributed by atoms with Gasteiger partial charge in [-0.2, -0.15) is 0 Å². The fourth-order valence-electron chi connectivity index (χ4n) is 6.70. The van der Waals surface area contributed by atoms with Crippen molar-refractivity contribution in [3.05, 3.63) is 119 Å². The van der Waals surface area contributed by atoms with E-state index in [1.165, 1.54) is 4.90 Å². The third kappa shape index (κ3) is 8.99. The number of nitrogens with zero attached hydrogens (tertiary/aromatic N) is 1. The van der Waals surface area contributed by atoms with Crippen LogP contribution in [0.2, 0.25) is 0 Å². The third-order valence-corrected chi connectivity index (χ3v) is 9.52. The van der Waals surface area contributed by atoms with E-state index >= 15 is 0 Å². The summed E-state index contributed by atoms with van der Waals surface area (Å²) in [6, 6.07) is 26.4. The van der Waals surface area contributed by atoms with Crippen LogP contribution in [0.25, 0.3) is 11.1 Å². The molecular formula is C41H41ClN4O7. The summed E-state index contributed by atoms with van der Waals surface area (Å²) in [5.41, 5.74) is 6.83. The molecule has 0 radical (unpaired) electrons. The second-order valence-electron chi connectivity index (χ2n) is 12.9. The van der Waals surface area contributed by atoms with Crippen LogP contribution in [-0.2, 0) is 20.9 Å². The minimum absolute atomic E-state index is 0.104. The number of halogens is 1. The summed E-state index contributed by atoms with van der Waals surface area (Å²) in [6.45, 7) is 1.40. The van der Waals surface area contributed by atoms with Crippen molar-refractivity contribution in [1.82, 2.24) is 15.5 Å². The lowest BCUT2D eigenvalue weighted by atomic mass is 9.88. The number of carbonyl (C=O) groups excluding carboxylic acids is 4. The standard InChI is InChI=1S/C41H41ClN4O7/c42-21-20-32(26-6-12-29(47)13-7-26)39(27-8-14-30(48)15-9-27)28-10-16-31(17-11-28)53-24-23-44-37(49)5-2-22-43-35-4-1-3-33-34(35)25-46(41(33)52)36-18-19-38(50)45-40(36)51/h1,3-4,6-17,36,43,47-48H,2,5,18-25H2,(H,44,49)(H,45,50,51). The van der Waals surface area contributed by atoms with Crippen molar-refractivity contribution in [2.45, 2.75) is 44.7 Å². The second kappa shape index (κ2) is 17.1. The number of rotatable bonds is 15. The van der Waals surface area contributed by atoms with E-state index in [0.29, 0.717) is 56.0 Å². The molecule has 0 bridgehead atoms. The first-order valence-corrected chi connectivity index (χ1v) is 18.1. The van der Waals surface area contributed by atoms with Gasteiger partial charge in [-0.3, -0.25) is 24.5 Å². The Morgan fingerprint density at radius 2 is 1.51 bits per heavy atom. The predicted molar refractivity (Wildman–Crippen MR) is 203 cm³/mol. The quantitative estimate of drug-likeness (QED) is 0.0442. The second-order valence-corrected chi connectivity index (χ2v) is 13.2. The van der Waals surface area contributed by atoms with Gasteiger partial charge in [-0.15, -0.1) is 11.6 Å². The summed E-state index contributed by atoms with van der Waals surface area (Å²) >= 11 is 6.25. The van der Waals surface area contributed by atoms with Gasteiger partial charge in [-0.05, 0) is 95.6 Å². The van der Waals surface area contributed by atoms with E-state index in [-0.39, 0.29) is 48.8 Å². The maximum absolute atomic E-state index is 13.1. The topological polar surface area (TPSA) is 157 Å². The molecule has 0 aliphatic carbocycles. The van der Waals surface area contributed by atoms with Gasteiger partial charge in [0.1, 0.15) is 29.9 Å². The van der Waals surface area contributed by atoms with Crippen molar-refractivity contribution >= 4 is 52.1 Å². The van der Waals surface area contributed by atoms with E-state index in [2.05, 4.69) is 16.0 Å². The van der Waals surface area contributed by atoms with Gasteiger partial charge in [-0.1, -0.05) is 42.5 Å². The van der Waals surface area contributed by atoms with E-state index in [4.69, 9.17) is 16.3 Å². The molecule has 11 nitrogen and oxygen atoms in total. The minimum Gasteiger partial charge on any atom is -0.508 e. The maximum atomic E-state index is 13.1. The first-order valence-electron chi connectivity index (χ1n) is 17.6. The molecule has 1 unspecified atom stereocenters. The summed E-state index contributed by atoms with van der Waals surface area (Å²) < 4.78 is 5.92. The Labute approximate surface area is 312 Å². The molecule has 4 aromatic carbocycles. The van der Waals surface area contributed by atoms with Gasteiger partial charge in [0.2, 0.25) is 17.7 Å². The Morgan fingerprint density at radius 1 is 0.849 bits per heavy atom. The van der Waals surface area contributed by atoms with E-state index in [9.17, 15) is 29.4 Å². The number of fused-ring (bicyclic) bond motifs is 1. The van der Waals surface area contributed by atoms with E-state index in [0.717, 1.165) is 39.1 Å². The number of carbonyl (C=O) groups is 4. The Balaban J connectivity index is 0.983. The molecule has 6 rings (SSSR count). The lowest BCUT2D eigenvalue weighted by Gasteiger charge is -2.29. The summed E-state index contributed by atoms with van der Waals surface area (Å²) in [6.07, 6.45) is 1.95. The number of hydrogen-bond acceptors (Lipinski definition) is 8. The third-order valence-electron chi connectivity index (χ3n) is 9.33. The number of piperidine rings is 1. The van der Waals surface area contributed by atoms with Crippen LogP contribution in [0.5, 0.6) is 17.2 Å². The van der Waals surface area contributed by atoms with Crippen LogP contribution in [0.3, 0.4) is 0 Å². The van der Waals surface area contributed by atoms with Crippen LogP contribution in [0.15, 0.2) is 91.0 Å². The van der Waals surface area contributed by atoms with Gasteiger partial charge in [0.25, 0.3) is 5.91 Å². The molecule has 2 heterocycles. The molecular weight excluding hydrogens is 696 g/mol. The van der Waals surface area contributed by atoms with E-state index in [1.807, 2.05) is 54.6 Å². The van der Waals surface area contributed by atoms with E-state index in [1.54, 1.807) is 36.4 Å². The zero-order valence-electron chi connectivity index (χ0n) is 29.1. The number of phenolic OH excluding ortho intramolecular Hbond substituents is 2. The molecule has 53 heavy (non-hydrogen) atoms. The van der Waals surface area contributed by atoms with Crippen molar-refractivity contribution < 1.29 is 34.1 Å². The largest absolute Gasteiger partial charge is 0.508 e. The smallest absolute Gasteiger partial charge is 0.255 e. The molecule has 4 amide bonds. The number of nitrogens with one attached hydrogen (secondary N) is 3. The summed E-state index contributed by atoms with van der Waals surface area (Å²) in [5.74, 6) is 0.279. The van der Waals surface area contributed by atoms with Gasteiger partial charge in [0.15, 0.2) is 0 Å². The normalized spacial score (nSPS) is 15.8. The molecule has 1 saturated heterocycles. The highest BCUT2D eigenvalue weighted by atomic mass is 35.5. The van der Waals surface area contributed by atoms with Gasteiger partial charge >= 0.3 is 0 Å². The Kier molecular flexibility index (Phi) is 12.0. The Bertz CT molecular complexity index is 2000. The molecule has 2 aliphatic rings.